The van der Waals surface area contributed by atoms with Gasteiger partial charge in [-0.25, -0.2) is 4.79 Å². The van der Waals surface area contributed by atoms with Crippen LogP contribution >= 0.6 is 0 Å². The summed E-state index contributed by atoms with van der Waals surface area (Å²) in [5.74, 6) is -0.931. The lowest BCUT2D eigenvalue weighted by Crippen LogP contribution is -2.24. The fourth-order valence-corrected chi connectivity index (χ4v) is 3.31. The molecule has 0 fully saturated rings. The van der Waals surface area contributed by atoms with Gasteiger partial charge in [-0.1, -0.05) is 6.07 Å². The number of H-pyrrole nitrogens is 1. The van der Waals surface area contributed by atoms with Gasteiger partial charge in [-0.05, 0) is 48.7 Å². The van der Waals surface area contributed by atoms with Crippen LogP contribution in [0.1, 0.15) is 22.3 Å². The van der Waals surface area contributed by atoms with E-state index in [1.165, 1.54) is 11.3 Å². The summed E-state index contributed by atoms with van der Waals surface area (Å²) in [6.07, 6.45) is 2.25. The van der Waals surface area contributed by atoms with E-state index in [2.05, 4.69) is 40.3 Å². The Balaban J connectivity index is 1.82. The third-order valence-electron chi connectivity index (χ3n) is 4.51. The standard InChI is InChI=1S/C18H17N3O2/c1-21-8-2-3-11-9-12(5-7-16(11)21)17-14-6-4-13(18(22)23)10-15(14)19-20-17/h4-7,9-10H,2-3,8H2,1H3,(H,19,20)(H,22,23). The van der Waals surface area contributed by atoms with E-state index in [1.807, 2.05) is 6.07 Å². The van der Waals surface area contributed by atoms with Gasteiger partial charge in [0.05, 0.1) is 16.8 Å². The predicted molar refractivity (Wildman–Crippen MR) is 90.1 cm³/mol. The fourth-order valence-electron chi connectivity index (χ4n) is 3.31. The Morgan fingerprint density at radius 3 is 2.96 bits per heavy atom. The number of aromatic amines is 1. The lowest BCUT2D eigenvalue weighted by Gasteiger charge is -2.27. The Kier molecular flexibility index (Phi) is 3.08. The van der Waals surface area contributed by atoms with E-state index in [4.69, 9.17) is 5.11 Å². The number of nitrogens with zero attached hydrogens (tertiary/aromatic N) is 2. The molecule has 0 atom stereocenters. The maximum absolute atomic E-state index is 11.1. The molecule has 3 aromatic rings. The summed E-state index contributed by atoms with van der Waals surface area (Å²) in [6, 6.07) is 11.5. The third kappa shape index (κ3) is 2.25. The number of carbonyl (C=O) groups is 1. The fraction of sp³-hybridized carbons (Fsp3) is 0.222. The largest absolute Gasteiger partial charge is 0.478 e. The molecule has 2 aromatic carbocycles. The molecule has 1 aliphatic heterocycles. The van der Waals surface area contributed by atoms with Crippen LogP contribution < -0.4 is 4.90 Å². The van der Waals surface area contributed by atoms with Crippen molar-refractivity contribution in [1.29, 1.82) is 0 Å². The van der Waals surface area contributed by atoms with Crippen molar-refractivity contribution in [2.45, 2.75) is 12.8 Å². The van der Waals surface area contributed by atoms with Crippen LogP contribution in [0, 0.1) is 0 Å². The minimum atomic E-state index is -0.931. The Bertz CT molecular complexity index is 914. The number of rotatable bonds is 2. The second-order valence-electron chi connectivity index (χ2n) is 6.01. The molecule has 0 bridgehead atoms. The van der Waals surface area contributed by atoms with Crippen molar-refractivity contribution < 1.29 is 9.90 Å². The Labute approximate surface area is 133 Å². The van der Waals surface area contributed by atoms with Crippen LogP contribution in [0.2, 0.25) is 0 Å². The molecule has 0 spiro atoms. The van der Waals surface area contributed by atoms with Gasteiger partial charge in [0.1, 0.15) is 0 Å². The number of fused-ring (bicyclic) bond motifs is 2. The number of aromatic carboxylic acids is 1. The predicted octanol–water partition coefficient (Wildman–Crippen LogP) is 3.31. The highest BCUT2D eigenvalue weighted by atomic mass is 16.4. The first-order chi connectivity index (χ1) is 11.1. The van der Waals surface area contributed by atoms with E-state index in [9.17, 15) is 4.79 Å². The Morgan fingerprint density at radius 1 is 1.26 bits per heavy atom. The molecule has 2 N–H and O–H groups in total. The molecule has 0 radical (unpaired) electrons. The van der Waals surface area contributed by atoms with E-state index in [-0.39, 0.29) is 5.56 Å². The molecule has 116 valence electrons. The molecule has 1 aromatic heterocycles. The maximum atomic E-state index is 11.1. The van der Waals surface area contributed by atoms with Gasteiger partial charge >= 0.3 is 5.97 Å². The molecule has 23 heavy (non-hydrogen) atoms. The molecule has 0 unspecified atom stereocenters. The third-order valence-corrected chi connectivity index (χ3v) is 4.51. The van der Waals surface area contributed by atoms with Crippen molar-refractivity contribution in [3.05, 3.63) is 47.5 Å². The van der Waals surface area contributed by atoms with Gasteiger partial charge in [0.25, 0.3) is 0 Å². The van der Waals surface area contributed by atoms with Crippen LogP contribution in [0.3, 0.4) is 0 Å². The van der Waals surface area contributed by atoms with Crippen molar-refractivity contribution in [2.75, 3.05) is 18.5 Å². The molecule has 5 heteroatoms. The lowest BCUT2D eigenvalue weighted by atomic mass is 9.97. The SMILES string of the molecule is CN1CCCc2cc(-c3n[nH]c4cc(C(=O)O)ccc34)ccc21. The summed E-state index contributed by atoms with van der Waals surface area (Å²) in [4.78, 5) is 13.4. The molecule has 0 saturated carbocycles. The second kappa shape index (κ2) is 5.12. The average molecular weight is 307 g/mol. The summed E-state index contributed by atoms with van der Waals surface area (Å²) < 4.78 is 0. The van der Waals surface area contributed by atoms with Crippen LogP contribution in [-0.4, -0.2) is 34.9 Å². The van der Waals surface area contributed by atoms with E-state index >= 15 is 0 Å². The molecular weight excluding hydrogens is 290 g/mol. The monoisotopic (exact) mass is 307 g/mol. The Morgan fingerprint density at radius 2 is 2.13 bits per heavy atom. The zero-order chi connectivity index (χ0) is 16.0. The number of hydrogen-bond donors (Lipinski definition) is 2. The van der Waals surface area contributed by atoms with Crippen LogP contribution in [-0.2, 0) is 6.42 Å². The molecule has 4 rings (SSSR count). The molecule has 1 aliphatic rings. The molecule has 2 heterocycles. The number of nitrogens with one attached hydrogen (secondary N) is 1. The number of aromatic nitrogens is 2. The molecular formula is C18H17N3O2. The highest BCUT2D eigenvalue weighted by Gasteiger charge is 2.16. The molecule has 0 amide bonds. The van der Waals surface area contributed by atoms with Gasteiger partial charge in [-0.3, -0.25) is 5.10 Å². The number of carboxylic acid groups (broad SMARTS) is 1. The van der Waals surface area contributed by atoms with E-state index < -0.39 is 5.97 Å². The highest BCUT2D eigenvalue weighted by molar-refractivity contribution is 5.98. The Hall–Kier alpha value is -2.82. The maximum Gasteiger partial charge on any atom is 0.335 e. The molecule has 0 aliphatic carbocycles. The van der Waals surface area contributed by atoms with Gasteiger partial charge in [0, 0.05) is 30.2 Å². The van der Waals surface area contributed by atoms with E-state index in [0.717, 1.165) is 41.5 Å². The van der Waals surface area contributed by atoms with E-state index in [0.29, 0.717) is 0 Å². The van der Waals surface area contributed by atoms with Crippen LogP contribution in [0.5, 0.6) is 0 Å². The van der Waals surface area contributed by atoms with Crippen LogP contribution in [0.15, 0.2) is 36.4 Å². The van der Waals surface area contributed by atoms with Gasteiger partial charge < -0.3 is 10.0 Å². The summed E-state index contributed by atoms with van der Waals surface area (Å²) in [6.45, 7) is 1.09. The normalized spacial score (nSPS) is 14.0. The topological polar surface area (TPSA) is 69.2 Å². The number of benzene rings is 2. The van der Waals surface area contributed by atoms with E-state index in [1.54, 1.807) is 12.1 Å². The van der Waals surface area contributed by atoms with Crippen LogP contribution in [0.25, 0.3) is 22.2 Å². The van der Waals surface area contributed by atoms with Gasteiger partial charge in [0.2, 0.25) is 0 Å². The van der Waals surface area contributed by atoms with Gasteiger partial charge in [0.15, 0.2) is 0 Å². The number of carboxylic acids is 1. The minimum Gasteiger partial charge on any atom is -0.478 e. The highest BCUT2D eigenvalue weighted by Crippen LogP contribution is 2.33. The first-order valence-corrected chi connectivity index (χ1v) is 7.69. The number of hydrogen-bond acceptors (Lipinski definition) is 3. The average Bonchev–Trinajstić information content (AvgIpc) is 2.97. The smallest absolute Gasteiger partial charge is 0.335 e. The van der Waals surface area contributed by atoms with Gasteiger partial charge in [-0.15, -0.1) is 0 Å². The lowest BCUT2D eigenvalue weighted by molar-refractivity contribution is 0.0697. The first-order valence-electron chi connectivity index (χ1n) is 7.69. The van der Waals surface area contributed by atoms with Crippen molar-refractivity contribution in [2.24, 2.45) is 0 Å². The van der Waals surface area contributed by atoms with Crippen molar-refractivity contribution in [3.8, 4) is 11.3 Å². The van der Waals surface area contributed by atoms with Crippen LogP contribution in [0.4, 0.5) is 5.69 Å². The summed E-state index contributed by atoms with van der Waals surface area (Å²) >= 11 is 0. The van der Waals surface area contributed by atoms with Crippen molar-refractivity contribution in [3.63, 3.8) is 0 Å². The quantitative estimate of drug-likeness (QED) is 0.762. The van der Waals surface area contributed by atoms with Crippen molar-refractivity contribution in [1.82, 2.24) is 10.2 Å². The summed E-state index contributed by atoms with van der Waals surface area (Å²) in [7, 11) is 2.12. The number of aryl methyl sites for hydroxylation is 1. The number of anilines is 1. The summed E-state index contributed by atoms with van der Waals surface area (Å²) in [5.41, 5.74) is 5.57. The minimum absolute atomic E-state index is 0.264. The van der Waals surface area contributed by atoms with Crippen molar-refractivity contribution >= 4 is 22.6 Å². The van der Waals surface area contributed by atoms with Gasteiger partial charge in [-0.2, -0.15) is 5.10 Å². The first kappa shape index (κ1) is 13.8. The zero-order valence-corrected chi connectivity index (χ0v) is 12.8. The molecule has 0 saturated heterocycles. The second-order valence-corrected chi connectivity index (χ2v) is 6.01. The summed E-state index contributed by atoms with van der Waals surface area (Å²) in [5, 5.41) is 17.4. The zero-order valence-electron chi connectivity index (χ0n) is 12.8. The molecule has 5 nitrogen and oxygen atoms in total.